The summed E-state index contributed by atoms with van der Waals surface area (Å²) in [7, 11) is 1.66. The van der Waals surface area contributed by atoms with Crippen LogP contribution in [0, 0.1) is 18.7 Å². The number of aryl methyl sites for hydroxylation is 1. The molecule has 0 aliphatic carbocycles. The van der Waals surface area contributed by atoms with Gasteiger partial charge in [-0.2, -0.15) is 0 Å². The molecule has 1 fully saturated rings. The van der Waals surface area contributed by atoms with Gasteiger partial charge in [-0.05, 0) is 31.0 Å². The van der Waals surface area contributed by atoms with Crippen LogP contribution in [0.3, 0.4) is 0 Å². The fraction of sp³-hybridized carbons (Fsp3) is 0.500. The summed E-state index contributed by atoms with van der Waals surface area (Å²) in [6.45, 7) is 3.79. The lowest BCUT2D eigenvalue weighted by atomic mass is 10.1. The van der Waals surface area contributed by atoms with Crippen molar-refractivity contribution in [3.8, 4) is 0 Å². The van der Waals surface area contributed by atoms with E-state index in [-0.39, 0.29) is 11.5 Å². The second-order valence-electron chi connectivity index (χ2n) is 4.84. The van der Waals surface area contributed by atoms with E-state index in [1.165, 1.54) is 6.07 Å². The molecule has 1 amide bonds. The third kappa shape index (κ3) is 2.70. The zero-order chi connectivity index (χ0) is 13.1. The predicted octanol–water partition coefficient (Wildman–Crippen LogP) is 2.24. The molecule has 18 heavy (non-hydrogen) atoms. The van der Waals surface area contributed by atoms with Gasteiger partial charge in [0.15, 0.2) is 0 Å². The van der Waals surface area contributed by atoms with Gasteiger partial charge in [-0.15, -0.1) is 0 Å². The number of ether oxygens (including phenoxy) is 1. The van der Waals surface area contributed by atoms with Crippen molar-refractivity contribution in [3.63, 3.8) is 0 Å². The zero-order valence-corrected chi connectivity index (χ0v) is 10.8. The molecule has 1 aliphatic heterocycles. The van der Waals surface area contributed by atoms with Crippen LogP contribution in [0.5, 0.6) is 0 Å². The van der Waals surface area contributed by atoms with Crippen LogP contribution in [-0.4, -0.2) is 37.6 Å². The van der Waals surface area contributed by atoms with E-state index in [9.17, 15) is 9.18 Å². The van der Waals surface area contributed by atoms with Crippen LogP contribution in [0.2, 0.25) is 0 Å². The van der Waals surface area contributed by atoms with E-state index in [1.54, 1.807) is 24.1 Å². The van der Waals surface area contributed by atoms with Gasteiger partial charge in [0.2, 0.25) is 0 Å². The van der Waals surface area contributed by atoms with Gasteiger partial charge in [0, 0.05) is 26.1 Å². The van der Waals surface area contributed by atoms with Crippen molar-refractivity contribution in [2.75, 3.05) is 26.8 Å². The Hall–Kier alpha value is -1.42. The van der Waals surface area contributed by atoms with Crippen molar-refractivity contribution in [2.24, 2.45) is 5.92 Å². The normalized spacial score (nSPS) is 19.3. The van der Waals surface area contributed by atoms with E-state index >= 15 is 0 Å². The van der Waals surface area contributed by atoms with Crippen molar-refractivity contribution in [1.29, 1.82) is 0 Å². The highest BCUT2D eigenvalue weighted by Crippen LogP contribution is 2.20. The minimum atomic E-state index is -0.435. The summed E-state index contributed by atoms with van der Waals surface area (Å²) >= 11 is 0. The Morgan fingerprint density at radius 3 is 3.00 bits per heavy atom. The minimum Gasteiger partial charge on any atom is -0.384 e. The van der Waals surface area contributed by atoms with E-state index in [0.717, 1.165) is 12.0 Å². The van der Waals surface area contributed by atoms with Crippen molar-refractivity contribution in [3.05, 3.63) is 35.1 Å². The number of hydrogen-bond donors (Lipinski definition) is 0. The summed E-state index contributed by atoms with van der Waals surface area (Å²) in [6.07, 6.45) is 0.924. The number of likely N-dealkylation sites (tertiary alicyclic amines) is 1. The van der Waals surface area contributed by atoms with E-state index < -0.39 is 5.82 Å². The molecule has 1 aromatic rings. The van der Waals surface area contributed by atoms with E-state index in [4.69, 9.17) is 4.74 Å². The van der Waals surface area contributed by atoms with Gasteiger partial charge < -0.3 is 9.64 Å². The highest BCUT2D eigenvalue weighted by Gasteiger charge is 2.28. The third-order valence-electron chi connectivity index (χ3n) is 3.33. The van der Waals surface area contributed by atoms with Crippen molar-refractivity contribution in [1.82, 2.24) is 4.90 Å². The van der Waals surface area contributed by atoms with Crippen LogP contribution in [0.1, 0.15) is 22.3 Å². The predicted molar refractivity (Wildman–Crippen MR) is 67.0 cm³/mol. The number of methoxy groups -OCH3 is 1. The van der Waals surface area contributed by atoms with Crippen molar-refractivity contribution >= 4 is 5.91 Å². The molecule has 1 aromatic carbocycles. The molecule has 0 saturated carbocycles. The molecule has 98 valence electrons. The number of nitrogens with zero attached hydrogens (tertiary/aromatic N) is 1. The van der Waals surface area contributed by atoms with Crippen LogP contribution >= 0.6 is 0 Å². The number of carbonyl (C=O) groups excluding carboxylic acids is 1. The van der Waals surface area contributed by atoms with Crippen LogP contribution in [0.25, 0.3) is 0 Å². The summed E-state index contributed by atoms with van der Waals surface area (Å²) in [6, 6.07) is 4.73. The largest absolute Gasteiger partial charge is 0.384 e. The van der Waals surface area contributed by atoms with Gasteiger partial charge in [-0.25, -0.2) is 4.39 Å². The highest BCUT2D eigenvalue weighted by atomic mass is 19.1. The van der Waals surface area contributed by atoms with Crippen LogP contribution in [0.4, 0.5) is 4.39 Å². The molecule has 0 bridgehead atoms. The van der Waals surface area contributed by atoms with Gasteiger partial charge in [-0.1, -0.05) is 6.07 Å². The van der Waals surface area contributed by atoms with Gasteiger partial charge in [0.25, 0.3) is 5.91 Å². The number of carbonyl (C=O) groups is 1. The van der Waals surface area contributed by atoms with Gasteiger partial charge in [0.05, 0.1) is 12.2 Å². The highest BCUT2D eigenvalue weighted by molar-refractivity contribution is 5.94. The molecular formula is C14H18FNO2. The first-order valence-corrected chi connectivity index (χ1v) is 6.16. The molecule has 1 aliphatic rings. The number of hydrogen-bond acceptors (Lipinski definition) is 2. The Bertz CT molecular complexity index is 447. The first-order valence-electron chi connectivity index (χ1n) is 6.16. The average Bonchev–Trinajstić information content (AvgIpc) is 2.77. The van der Waals surface area contributed by atoms with Crippen molar-refractivity contribution in [2.45, 2.75) is 13.3 Å². The lowest BCUT2D eigenvalue weighted by molar-refractivity contribution is 0.0771. The molecule has 1 atom stereocenters. The first-order chi connectivity index (χ1) is 8.61. The lowest BCUT2D eigenvalue weighted by Crippen LogP contribution is -2.30. The monoisotopic (exact) mass is 251 g/mol. The topological polar surface area (TPSA) is 29.5 Å². The molecule has 1 heterocycles. The Morgan fingerprint density at radius 2 is 2.33 bits per heavy atom. The zero-order valence-electron chi connectivity index (χ0n) is 10.8. The van der Waals surface area contributed by atoms with Crippen LogP contribution in [0.15, 0.2) is 18.2 Å². The molecule has 0 aromatic heterocycles. The van der Waals surface area contributed by atoms with Gasteiger partial charge in [0.1, 0.15) is 5.82 Å². The lowest BCUT2D eigenvalue weighted by Gasteiger charge is -2.17. The molecule has 0 radical (unpaired) electrons. The van der Waals surface area contributed by atoms with E-state index in [2.05, 4.69) is 0 Å². The Morgan fingerprint density at radius 1 is 1.56 bits per heavy atom. The molecule has 4 heteroatoms. The van der Waals surface area contributed by atoms with E-state index in [0.29, 0.717) is 25.6 Å². The Kier molecular flexibility index (Phi) is 3.97. The maximum absolute atomic E-state index is 13.7. The first kappa shape index (κ1) is 13.0. The van der Waals surface area contributed by atoms with Crippen LogP contribution < -0.4 is 0 Å². The maximum Gasteiger partial charge on any atom is 0.256 e. The van der Waals surface area contributed by atoms with Gasteiger partial charge >= 0.3 is 0 Å². The molecule has 3 nitrogen and oxygen atoms in total. The Labute approximate surface area is 107 Å². The summed E-state index contributed by atoms with van der Waals surface area (Å²) in [5.74, 6) is -0.284. The van der Waals surface area contributed by atoms with E-state index in [1.807, 2.05) is 6.92 Å². The Balaban J connectivity index is 2.08. The molecule has 0 N–H and O–H groups in total. The minimum absolute atomic E-state index is 0.165. The summed E-state index contributed by atoms with van der Waals surface area (Å²) in [5.41, 5.74) is 0.987. The van der Waals surface area contributed by atoms with Crippen LogP contribution in [-0.2, 0) is 4.74 Å². The number of amides is 1. The van der Waals surface area contributed by atoms with Crippen molar-refractivity contribution < 1.29 is 13.9 Å². The standard InChI is InChI=1S/C14H18FNO2/c1-10-3-4-12(13(15)7-10)14(17)16-6-5-11(8-16)9-18-2/h3-4,7,11H,5-6,8-9H2,1-2H3. The second-order valence-corrected chi connectivity index (χ2v) is 4.84. The maximum atomic E-state index is 13.7. The fourth-order valence-corrected chi connectivity index (χ4v) is 2.35. The average molecular weight is 251 g/mol. The molecular weight excluding hydrogens is 233 g/mol. The third-order valence-corrected chi connectivity index (χ3v) is 3.33. The molecule has 0 spiro atoms. The molecule has 2 rings (SSSR count). The quantitative estimate of drug-likeness (QED) is 0.824. The molecule has 1 unspecified atom stereocenters. The molecule has 1 saturated heterocycles. The number of rotatable bonds is 3. The fourth-order valence-electron chi connectivity index (χ4n) is 2.35. The summed E-state index contributed by atoms with van der Waals surface area (Å²) in [5, 5.41) is 0. The summed E-state index contributed by atoms with van der Waals surface area (Å²) < 4.78 is 18.8. The second kappa shape index (κ2) is 5.48. The number of benzene rings is 1. The number of halogens is 1. The smallest absolute Gasteiger partial charge is 0.256 e. The summed E-state index contributed by atoms with van der Waals surface area (Å²) in [4.78, 5) is 13.9. The van der Waals surface area contributed by atoms with Gasteiger partial charge in [-0.3, -0.25) is 4.79 Å². The SMILES string of the molecule is COCC1CCN(C(=O)c2ccc(C)cc2F)C1.